The van der Waals surface area contributed by atoms with Crippen LogP contribution in [0.1, 0.15) is 12.5 Å². The number of benzene rings is 1. The Balaban J connectivity index is 2.01. The molecule has 0 saturated heterocycles. The fourth-order valence-corrected chi connectivity index (χ4v) is 1.72. The number of aliphatic imine (C=N–C) groups is 1. The number of carbonyl (C=O) groups excluding carboxylic acids is 1. The molecule has 1 atom stereocenters. The maximum atomic E-state index is 11.5. The van der Waals surface area contributed by atoms with Gasteiger partial charge in [0, 0.05) is 5.69 Å². The molecule has 0 radical (unpaired) electrons. The third-order valence-electron chi connectivity index (χ3n) is 2.68. The minimum atomic E-state index is -0.392. The number of aryl methyl sites for hydroxylation is 1. The van der Waals surface area contributed by atoms with Crippen LogP contribution in [0.3, 0.4) is 0 Å². The highest BCUT2D eigenvalue weighted by Crippen LogP contribution is 2.18. The van der Waals surface area contributed by atoms with E-state index < -0.39 is 6.04 Å². The van der Waals surface area contributed by atoms with Crippen molar-refractivity contribution >= 4 is 18.0 Å². The minimum absolute atomic E-state index is 0.252. The van der Waals surface area contributed by atoms with Gasteiger partial charge < -0.3 is 9.64 Å². The SMILES string of the molecule is CCOC(=O)C1CN(c2ccc(C)cc2)C=N1. The quantitative estimate of drug-likeness (QED) is 0.746. The number of rotatable bonds is 3. The molecule has 1 aliphatic heterocycles. The Morgan fingerprint density at radius 2 is 2.18 bits per heavy atom. The van der Waals surface area contributed by atoms with Gasteiger partial charge in [0.1, 0.15) is 0 Å². The zero-order chi connectivity index (χ0) is 12.3. The van der Waals surface area contributed by atoms with E-state index in [2.05, 4.69) is 4.99 Å². The Bertz CT molecular complexity index is 426. The molecule has 0 saturated carbocycles. The van der Waals surface area contributed by atoms with Crippen molar-refractivity contribution in [1.29, 1.82) is 0 Å². The smallest absolute Gasteiger partial charge is 0.332 e. The molecule has 0 bridgehead atoms. The molecule has 1 heterocycles. The molecule has 4 nitrogen and oxygen atoms in total. The molecule has 0 amide bonds. The zero-order valence-electron chi connectivity index (χ0n) is 10.1. The van der Waals surface area contributed by atoms with Crippen LogP contribution in [0.5, 0.6) is 0 Å². The van der Waals surface area contributed by atoms with E-state index in [1.165, 1.54) is 5.56 Å². The van der Waals surface area contributed by atoms with E-state index in [-0.39, 0.29) is 5.97 Å². The second-order valence-electron chi connectivity index (χ2n) is 4.02. The second-order valence-corrected chi connectivity index (χ2v) is 4.02. The van der Waals surface area contributed by atoms with Crippen molar-refractivity contribution in [2.45, 2.75) is 19.9 Å². The molecule has 1 unspecified atom stereocenters. The summed E-state index contributed by atoms with van der Waals surface area (Å²) in [6.07, 6.45) is 1.70. The van der Waals surface area contributed by atoms with Gasteiger partial charge in [-0.2, -0.15) is 0 Å². The topological polar surface area (TPSA) is 41.9 Å². The molecule has 0 aliphatic carbocycles. The number of esters is 1. The Morgan fingerprint density at radius 3 is 2.82 bits per heavy atom. The predicted molar refractivity (Wildman–Crippen MR) is 67.4 cm³/mol. The molecule has 0 fully saturated rings. The average Bonchev–Trinajstić information content (AvgIpc) is 2.80. The number of nitrogens with zero attached hydrogens (tertiary/aromatic N) is 2. The monoisotopic (exact) mass is 232 g/mol. The molecule has 4 heteroatoms. The van der Waals surface area contributed by atoms with Gasteiger partial charge in [-0.25, -0.2) is 4.79 Å². The van der Waals surface area contributed by atoms with Gasteiger partial charge in [0.15, 0.2) is 6.04 Å². The lowest BCUT2D eigenvalue weighted by atomic mass is 10.2. The second kappa shape index (κ2) is 4.99. The highest BCUT2D eigenvalue weighted by molar-refractivity contribution is 5.88. The maximum absolute atomic E-state index is 11.5. The van der Waals surface area contributed by atoms with Crippen LogP contribution >= 0.6 is 0 Å². The molecule has 0 spiro atoms. The summed E-state index contributed by atoms with van der Waals surface area (Å²) in [5, 5.41) is 0. The van der Waals surface area contributed by atoms with E-state index in [0.29, 0.717) is 13.2 Å². The first-order chi connectivity index (χ1) is 8.20. The molecule has 2 rings (SSSR count). The van der Waals surface area contributed by atoms with Crippen molar-refractivity contribution in [1.82, 2.24) is 0 Å². The molecule has 0 N–H and O–H groups in total. The Labute approximate surface area is 101 Å². The lowest BCUT2D eigenvalue weighted by Crippen LogP contribution is -2.29. The van der Waals surface area contributed by atoms with E-state index in [4.69, 9.17) is 4.74 Å². The standard InChI is InChI=1S/C13H16N2O2/c1-3-17-13(16)12-8-15(9-14-12)11-6-4-10(2)5-7-11/h4-7,9,12H,3,8H2,1-2H3. The average molecular weight is 232 g/mol. The van der Waals surface area contributed by atoms with Gasteiger partial charge in [-0.3, -0.25) is 4.99 Å². The Morgan fingerprint density at radius 1 is 1.47 bits per heavy atom. The van der Waals surface area contributed by atoms with Gasteiger partial charge in [0.05, 0.1) is 19.5 Å². The molecule has 1 aromatic rings. The van der Waals surface area contributed by atoms with E-state index >= 15 is 0 Å². The summed E-state index contributed by atoms with van der Waals surface area (Å²) in [6.45, 7) is 4.80. The highest BCUT2D eigenvalue weighted by atomic mass is 16.5. The fourth-order valence-electron chi connectivity index (χ4n) is 1.72. The molecule has 1 aliphatic rings. The summed E-state index contributed by atoms with van der Waals surface area (Å²) < 4.78 is 4.95. The van der Waals surface area contributed by atoms with E-state index in [1.54, 1.807) is 13.3 Å². The maximum Gasteiger partial charge on any atom is 0.332 e. The number of ether oxygens (including phenoxy) is 1. The zero-order valence-corrected chi connectivity index (χ0v) is 10.1. The highest BCUT2D eigenvalue weighted by Gasteiger charge is 2.26. The normalized spacial score (nSPS) is 18.5. The first kappa shape index (κ1) is 11.6. The van der Waals surface area contributed by atoms with Crippen LogP contribution in [-0.2, 0) is 9.53 Å². The number of hydrogen-bond acceptors (Lipinski definition) is 4. The molecular weight excluding hydrogens is 216 g/mol. The van der Waals surface area contributed by atoms with Gasteiger partial charge in [-0.1, -0.05) is 17.7 Å². The summed E-state index contributed by atoms with van der Waals surface area (Å²) in [5.41, 5.74) is 2.26. The third kappa shape index (κ3) is 2.64. The number of anilines is 1. The van der Waals surface area contributed by atoms with Crippen LogP contribution in [0, 0.1) is 6.92 Å². The first-order valence-corrected chi connectivity index (χ1v) is 5.74. The van der Waals surface area contributed by atoms with Crippen molar-refractivity contribution in [2.75, 3.05) is 18.1 Å². The van der Waals surface area contributed by atoms with Crippen LogP contribution in [0.2, 0.25) is 0 Å². The Hall–Kier alpha value is -1.84. The lowest BCUT2D eigenvalue weighted by Gasteiger charge is -2.15. The molecule has 0 aromatic heterocycles. The third-order valence-corrected chi connectivity index (χ3v) is 2.68. The summed E-state index contributed by atoms with van der Waals surface area (Å²) in [7, 11) is 0. The van der Waals surface area contributed by atoms with Gasteiger partial charge in [0.25, 0.3) is 0 Å². The largest absolute Gasteiger partial charge is 0.464 e. The summed E-state index contributed by atoms with van der Waals surface area (Å²) in [6, 6.07) is 7.74. The van der Waals surface area contributed by atoms with Gasteiger partial charge >= 0.3 is 5.97 Å². The van der Waals surface area contributed by atoms with E-state index in [0.717, 1.165) is 5.69 Å². The summed E-state index contributed by atoms with van der Waals surface area (Å²) in [5.74, 6) is -0.252. The van der Waals surface area contributed by atoms with Gasteiger partial charge in [-0.05, 0) is 26.0 Å². The van der Waals surface area contributed by atoms with Crippen LogP contribution in [0.25, 0.3) is 0 Å². The lowest BCUT2D eigenvalue weighted by molar-refractivity contribution is -0.144. The number of hydrogen-bond donors (Lipinski definition) is 0. The van der Waals surface area contributed by atoms with Gasteiger partial charge in [0.2, 0.25) is 0 Å². The van der Waals surface area contributed by atoms with Crippen LogP contribution in [0.15, 0.2) is 29.3 Å². The molecule has 17 heavy (non-hydrogen) atoms. The van der Waals surface area contributed by atoms with E-state index in [1.807, 2.05) is 36.1 Å². The van der Waals surface area contributed by atoms with Crippen molar-refractivity contribution in [2.24, 2.45) is 4.99 Å². The van der Waals surface area contributed by atoms with Crippen LogP contribution < -0.4 is 4.90 Å². The van der Waals surface area contributed by atoms with Crippen molar-refractivity contribution in [3.05, 3.63) is 29.8 Å². The fraction of sp³-hybridized carbons (Fsp3) is 0.385. The molecule has 1 aromatic carbocycles. The van der Waals surface area contributed by atoms with Crippen molar-refractivity contribution < 1.29 is 9.53 Å². The Kier molecular flexibility index (Phi) is 3.42. The molecule has 90 valence electrons. The first-order valence-electron chi connectivity index (χ1n) is 5.74. The van der Waals surface area contributed by atoms with Crippen LogP contribution in [-0.4, -0.2) is 31.5 Å². The summed E-state index contributed by atoms with van der Waals surface area (Å²) in [4.78, 5) is 17.6. The summed E-state index contributed by atoms with van der Waals surface area (Å²) >= 11 is 0. The van der Waals surface area contributed by atoms with Crippen molar-refractivity contribution in [3.63, 3.8) is 0 Å². The van der Waals surface area contributed by atoms with Crippen molar-refractivity contribution in [3.8, 4) is 0 Å². The van der Waals surface area contributed by atoms with Crippen LogP contribution in [0.4, 0.5) is 5.69 Å². The molecular formula is C13H16N2O2. The van der Waals surface area contributed by atoms with Gasteiger partial charge in [-0.15, -0.1) is 0 Å². The van der Waals surface area contributed by atoms with E-state index in [9.17, 15) is 4.79 Å². The minimum Gasteiger partial charge on any atom is -0.464 e. The predicted octanol–water partition coefficient (Wildman–Crippen LogP) is 1.78. The number of carbonyl (C=O) groups is 1.